The van der Waals surface area contributed by atoms with Crippen molar-refractivity contribution in [2.75, 3.05) is 0 Å². The minimum Gasteiger partial charge on any atom is -0.309 e. The van der Waals surface area contributed by atoms with E-state index in [0.29, 0.717) is 0 Å². The molecule has 1 aliphatic rings. The van der Waals surface area contributed by atoms with Gasteiger partial charge in [0.15, 0.2) is 0 Å². The minimum absolute atomic E-state index is 0.183. The van der Waals surface area contributed by atoms with Gasteiger partial charge in [0, 0.05) is 21.9 Å². The van der Waals surface area contributed by atoms with E-state index in [1.165, 1.54) is 92.8 Å². The zero-order valence-electron chi connectivity index (χ0n) is 24.7. The van der Waals surface area contributed by atoms with Crippen molar-refractivity contribution in [3.05, 3.63) is 151 Å². The summed E-state index contributed by atoms with van der Waals surface area (Å²) in [6.07, 6.45) is 0. The van der Waals surface area contributed by atoms with Crippen LogP contribution in [0.3, 0.4) is 0 Å². The molecule has 0 fully saturated rings. The first-order valence-corrected chi connectivity index (χ1v) is 15.5. The Morgan fingerprint density at radius 2 is 1.09 bits per heavy atom. The van der Waals surface area contributed by atoms with Crippen LogP contribution < -0.4 is 0 Å². The molecule has 1 aliphatic carbocycles. The maximum absolute atomic E-state index is 2.49. The third-order valence-electron chi connectivity index (χ3n) is 10.3. The monoisotopic (exact) mass is 559 g/mol. The predicted octanol–water partition coefficient (Wildman–Crippen LogP) is 11.7. The van der Waals surface area contributed by atoms with Crippen LogP contribution in [0.5, 0.6) is 0 Å². The van der Waals surface area contributed by atoms with E-state index in [2.05, 4.69) is 158 Å². The van der Waals surface area contributed by atoms with Gasteiger partial charge >= 0.3 is 0 Å². The van der Waals surface area contributed by atoms with Crippen LogP contribution >= 0.6 is 0 Å². The summed E-state index contributed by atoms with van der Waals surface area (Å²) < 4.78 is 2.44. The van der Waals surface area contributed by atoms with Crippen molar-refractivity contribution < 1.29 is 0 Å². The second-order valence-electron chi connectivity index (χ2n) is 12.9. The fourth-order valence-electron chi connectivity index (χ4n) is 8.43. The molecule has 1 nitrogen and oxygen atoms in total. The minimum atomic E-state index is -0.183. The maximum Gasteiger partial charge on any atom is 0.0544 e. The fourth-order valence-corrected chi connectivity index (χ4v) is 8.43. The lowest BCUT2D eigenvalue weighted by Gasteiger charge is -2.25. The average Bonchev–Trinajstić information content (AvgIpc) is 3.52. The highest BCUT2D eigenvalue weighted by Gasteiger charge is 2.38. The molecule has 44 heavy (non-hydrogen) atoms. The molecule has 0 aliphatic heterocycles. The number of hydrogen-bond donors (Lipinski definition) is 0. The van der Waals surface area contributed by atoms with Crippen molar-refractivity contribution in [3.63, 3.8) is 0 Å². The number of fused-ring (bicyclic) bond motifs is 15. The Bertz CT molecular complexity index is 2670. The largest absolute Gasteiger partial charge is 0.309 e. The second-order valence-corrected chi connectivity index (χ2v) is 12.9. The number of rotatable bonds is 1. The summed E-state index contributed by atoms with van der Waals surface area (Å²) in [6.45, 7) is 4.86. The Morgan fingerprint density at radius 3 is 1.93 bits per heavy atom. The van der Waals surface area contributed by atoms with Gasteiger partial charge in [-0.2, -0.15) is 0 Å². The van der Waals surface area contributed by atoms with Crippen molar-refractivity contribution >= 4 is 64.9 Å². The van der Waals surface area contributed by atoms with Gasteiger partial charge in [0.1, 0.15) is 0 Å². The second kappa shape index (κ2) is 8.36. The molecule has 0 unspecified atom stereocenters. The Labute approximate surface area is 255 Å². The van der Waals surface area contributed by atoms with Gasteiger partial charge in [0.2, 0.25) is 0 Å². The summed E-state index contributed by atoms with van der Waals surface area (Å²) in [7, 11) is 0. The molecule has 0 N–H and O–H groups in total. The van der Waals surface area contributed by atoms with E-state index in [9.17, 15) is 0 Å². The molecule has 1 heteroatoms. The first-order chi connectivity index (χ1) is 21.6. The maximum atomic E-state index is 2.49. The Hall–Kier alpha value is -5.40. The molecule has 0 amide bonds. The van der Waals surface area contributed by atoms with Gasteiger partial charge < -0.3 is 4.57 Å². The van der Waals surface area contributed by atoms with Gasteiger partial charge in [-0.15, -0.1) is 0 Å². The first kappa shape index (κ1) is 24.1. The van der Waals surface area contributed by atoms with Gasteiger partial charge in [-0.3, -0.25) is 0 Å². The zero-order chi connectivity index (χ0) is 29.2. The van der Waals surface area contributed by atoms with Crippen molar-refractivity contribution in [2.24, 2.45) is 0 Å². The van der Waals surface area contributed by atoms with Crippen LogP contribution in [0.4, 0.5) is 0 Å². The molecule has 8 aromatic carbocycles. The summed E-state index contributed by atoms with van der Waals surface area (Å²) in [5, 5.41) is 13.3. The number of hydrogen-bond acceptors (Lipinski definition) is 0. The molecule has 0 spiro atoms. The molecule has 1 aromatic heterocycles. The number of nitrogens with zero attached hydrogens (tertiary/aromatic N) is 1. The van der Waals surface area contributed by atoms with E-state index in [1.54, 1.807) is 0 Å². The lowest BCUT2D eigenvalue weighted by Crippen LogP contribution is -2.16. The number of aromatic nitrogens is 1. The van der Waals surface area contributed by atoms with Crippen LogP contribution in [-0.4, -0.2) is 4.57 Å². The summed E-state index contributed by atoms with van der Waals surface area (Å²) in [4.78, 5) is 0. The highest BCUT2D eigenvalue weighted by atomic mass is 15.0. The van der Waals surface area contributed by atoms with Crippen LogP contribution in [0, 0.1) is 0 Å². The van der Waals surface area contributed by atoms with Crippen LogP contribution in [0.25, 0.3) is 81.7 Å². The highest BCUT2D eigenvalue weighted by Crippen LogP contribution is 2.55. The molecule has 0 saturated heterocycles. The molecular formula is C43H29N. The fraction of sp³-hybridized carbons (Fsp3) is 0.0698. The van der Waals surface area contributed by atoms with Crippen molar-refractivity contribution in [2.45, 2.75) is 19.3 Å². The summed E-state index contributed by atoms with van der Waals surface area (Å²) in [6, 6.07) is 51.9. The van der Waals surface area contributed by atoms with Crippen LogP contribution in [0.2, 0.25) is 0 Å². The predicted molar refractivity (Wildman–Crippen MR) is 188 cm³/mol. The van der Waals surface area contributed by atoms with Gasteiger partial charge in [0.05, 0.1) is 11.0 Å². The van der Waals surface area contributed by atoms with E-state index in [4.69, 9.17) is 0 Å². The molecular weight excluding hydrogens is 530 g/mol. The van der Waals surface area contributed by atoms with E-state index in [-0.39, 0.29) is 5.41 Å². The smallest absolute Gasteiger partial charge is 0.0544 e. The van der Waals surface area contributed by atoms with E-state index < -0.39 is 0 Å². The number of para-hydroxylation sites is 2. The summed E-state index contributed by atoms with van der Waals surface area (Å²) >= 11 is 0. The van der Waals surface area contributed by atoms with Gasteiger partial charge in [-0.25, -0.2) is 0 Å². The molecule has 0 radical (unpaired) electrons. The van der Waals surface area contributed by atoms with Crippen molar-refractivity contribution in [1.29, 1.82) is 0 Å². The standard InChI is InChI=1S/C43H29N/c1-43(2)37-25-39-36(30-17-10-11-19-38(30)44(39)27-13-4-3-5-14-27)24-35(37)33-23-22-32-29-16-8-9-18-31(29)40-28-15-7-6-12-26(28)20-21-34(40)41(32)42(33)43/h3-25H,1-2H3. The quantitative estimate of drug-likeness (QED) is 0.176. The molecule has 206 valence electrons. The topological polar surface area (TPSA) is 4.93 Å². The molecule has 0 atom stereocenters. The van der Waals surface area contributed by atoms with Gasteiger partial charge in [-0.05, 0) is 95.7 Å². The van der Waals surface area contributed by atoms with Crippen LogP contribution in [0.15, 0.2) is 140 Å². The van der Waals surface area contributed by atoms with Crippen LogP contribution in [0.1, 0.15) is 25.0 Å². The third-order valence-corrected chi connectivity index (χ3v) is 10.3. The van der Waals surface area contributed by atoms with Crippen molar-refractivity contribution in [1.82, 2.24) is 4.57 Å². The summed E-state index contributed by atoms with van der Waals surface area (Å²) in [5.74, 6) is 0. The van der Waals surface area contributed by atoms with Gasteiger partial charge in [0.25, 0.3) is 0 Å². The van der Waals surface area contributed by atoms with E-state index in [0.717, 1.165) is 0 Å². The summed E-state index contributed by atoms with van der Waals surface area (Å²) in [5.41, 5.74) is 9.09. The highest BCUT2D eigenvalue weighted by molar-refractivity contribution is 6.33. The molecule has 9 aromatic rings. The molecule has 0 bridgehead atoms. The molecule has 0 saturated carbocycles. The SMILES string of the molecule is CC1(C)c2cc3c(cc2-c2ccc4c5ccccc5c5c6ccccc6ccc5c4c21)c1ccccc1n3-c1ccccc1. The lowest BCUT2D eigenvalue weighted by molar-refractivity contribution is 0.667. The first-order valence-electron chi connectivity index (χ1n) is 15.5. The van der Waals surface area contributed by atoms with Gasteiger partial charge in [-0.1, -0.05) is 123 Å². The third kappa shape index (κ3) is 2.94. The van der Waals surface area contributed by atoms with E-state index in [1.807, 2.05) is 0 Å². The Morgan fingerprint density at radius 1 is 0.432 bits per heavy atom. The number of benzene rings is 8. The average molecular weight is 560 g/mol. The lowest BCUT2D eigenvalue weighted by atomic mass is 9.78. The van der Waals surface area contributed by atoms with Crippen LogP contribution in [-0.2, 0) is 5.41 Å². The normalized spacial score (nSPS) is 13.9. The Balaban J connectivity index is 1.38. The molecule has 1 heterocycles. The zero-order valence-corrected chi connectivity index (χ0v) is 24.7. The van der Waals surface area contributed by atoms with E-state index >= 15 is 0 Å². The Kier molecular flexibility index (Phi) is 4.58. The molecule has 10 rings (SSSR count). The van der Waals surface area contributed by atoms with Crippen molar-refractivity contribution in [3.8, 4) is 16.8 Å².